The molecule has 6 nitrogen and oxygen atoms in total. The number of hydrogen-bond acceptors (Lipinski definition) is 5. The SMILES string of the molecule is COC(=O)c1c(NC(=S)NCCCn2nc(C(F)(F)F)cc2C)sc(C)c1-c1ccccc1. The number of alkyl halides is 3. The number of thiocarbonyl (C=S) groups is 1. The third-order valence-corrected chi connectivity index (χ3v) is 6.13. The third kappa shape index (κ3) is 5.91. The summed E-state index contributed by atoms with van der Waals surface area (Å²) < 4.78 is 44.7. The van der Waals surface area contributed by atoms with Crippen molar-refractivity contribution in [3.8, 4) is 11.1 Å². The minimum Gasteiger partial charge on any atom is -0.465 e. The van der Waals surface area contributed by atoms with Gasteiger partial charge in [0.25, 0.3) is 0 Å². The summed E-state index contributed by atoms with van der Waals surface area (Å²) in [6.45, 7) is 4.22. The molecule has 0 bridgehead atoms. The van der Waals surface area contributed by atoms with Crippen LogP contribution in [0.1, 0.15) is 33.0 Å². The summed E-state index contributed by atoms with van der Waals surface area (Å²) >= 11 is 6.75. The number of halogens is 3. The highest BCUT2D eigenvalue weighted by Crippen LogP contribution is 2.40. The van der Waals surface area contributed by atoms with Gasteiger partial charge in [-0.15, -0.1) is 11.3 Å². The lowest BCUT2D eigenvalue weighted by molar-refractivity contribution is -0.141. The van der Waals surface area contributed by atoms with Crippen molar-refractivity contribution in [3.63, 3.8) is 0 Å². The van der Waals surface area contributed by atoms with Crippen molar-refractivity contribution in [1.29, 1.82) is 0 Å². The molecular weight excluding hydrogens is 473 g/mol. The van der Waals surface area contributed by atoms with Crippen molar-refractivity contribution in [2.24, 2.45) is 0 Å². The molecule has 2 N–H and O–H groups in total. The Balaban J connectivity index is 1.64. The number of rotatable bonds is 7. The molecule has 0 saturated heterocycles. The number of thiophene rings is 1. The van der Waals surface area contributed by atoms with Gasteiger partial charge in [0.2, 0.25) is 0 Å². The molecular formula is C22H23F3N4O2S2. The zero-order valence-electron chi connectivity index (χ0n) is 18.2. The predicted octanol–water partition coefficient (Wildman–Crippen LogP) is 5.41. The Hall–Kier alpha value is -2.92. The molecule has 1 aromatic carbocycles. The number of nitrogens with one attached hydrogen (secondary N) is 2. The number of methoxy groups -OCH3 is 1. The Morgan fingerprint density at radius 2 is 1.94 bits per heavy atom. The number of benzene rings is 1. The Kier molecular flexibility index (Phi) is 7.75. The van der Waals surface area contributed by atoms with E-state index in [0.29, 0.717) is 40.9 Å². The Morgan fingerprint density at radius 3 is 2.55 bits per heavy atom. The molecule has 0 spiro atoms. The molecule has 0 atom stereocenters. The van der Waals surface area contributed by atoms with Gasteiger partial charge in [0.05, 0.1) is 7.11 Å². The van der Waals surface area contributed by atoms with Crippen LogP contribution in [0, 0.1) is 13.8 Å². The van der Waals surface area contributed by atoms with Crippen molar-refractivity contribution < 1.29 is 22.7 Å². The molecule has 0 radical (unpaired) electrons. The van der Waals surface area contributed by atoms with Crippen LogP contribution in [0.4, 0.5) is 18.2 Å². The molecule has 3 rings (SSSR count). The van der Waals surface area contributed by atoms with E-state index < -0.39 is 17.8 Å². The minimum absolute atomic E-state index is 0.300. The number of carbonyl (C=O) groups excluding carboxylic acids is 1. The maximum absolute atomic E-state index is 12.8. The fourth-order valence-corrected chi connectivity index (χ4v) is 4.67. The number of aromatic nitrogens is 2. The second kappa shape index (κ2) is 10.3. The summed E-state index contributed by atoms with van der Waals surface area (Å²) in [5, 5.41) is 10.6. The van der Waals surface area contributed by atoms with Crippen LogP contribution < -0.4 is 10.6 Å². The number of ether oxygens (including phenoxy) is 1. The first-order chi connectivity index (χ1) is 15.6. The molecule has 11 heteroatoms. The molecule has 176 valence electrons. The van der Waals surface area contributed by atoms with Crippen LogP contribution in [0.2, 0.25) is 0 Å². The lowest BCUT2D eigenvalue weighted by atomic mass is 10.0. The van der Waals surface area contributed by atoms with Gasteiger partial charge >= 0.3 is 12.1 Å². The molecule has 2 aromatic heterocycles. The van der Waals surface area contributed by atoms with E-state index in [-0.39, 0.29) is 0 Å². The van der Waals surface area contributed by atoms with Crippen molar-refractivity contribution in [1.82, 2.24) is 15.1 Å². The number of anilines is 1. The Labute approximate surface area is 198 Å². The van der Waals surface area contributed by atoms with Crippen molar-refractivity contribution >= 4 is 39.6 Å². The molecule has 0 aliphatic heterocycles. The summed E-state index contributed by atoms with van der Waals surface area (Å²) in [5.74, 6) is -0.474. The molecule has 3 aromatic rings. The number of aryl methyl sites for hydroxylation is 3. The minimum atomic E-state index is -4.46. The molecule has 2 heterocycles. The molecule has 0 amide bonds. The fourth-order valence-electron chi connectivity index (χ4n) is 3.34. The zero-order valence-corrected chi connectivity index (χ0v) is 19.9. The number of esters is 1. The first kappa shape index (κ1) is 24.7. The fraction of sp³-hybridized carbons (Fsp3) is 0.318. The van der Waals surface area contributed by atoms with Crippen LogP contribution in [0.25, 0.3) is 11.1 Å². The van der Waals surface area contributed by atoms with Gasteiger partial charge in [-0.25, -0.2) is 4.79 Å². The average Bonchev–Trinajstić information content (AvgIpc) is 3.30. The molecule has 0 aliphatic rings. The first-order valence-corrected chi connectivity index (χ1v) is 11.3. The number of hydrogen-bond donors (Lipinski definition) is 2. The molecule has 33 heavy (non-hydrogen) atoms. The van der Waals surface area contributed by atoms with E-state index in [1.807, 2.05) is 37.3 Å². The first-order valence-electron chi connectivity index (χ1n) is 10.1. The van der Waals surface area contributed by atoms with Crippen LogP contribution in [0.15, 0.2) is 36.4 Å². The largest absolute Gasteiger partial charge is 0.465 e. The zero-order chi connectivity index (χ0) is 24.2. The van der Waals surface area contributed by atoms with Crippen LogP contribution in [0.5, 0.6) is 0 Å². The van der Waals surface area contributed by atoms with Crippen LogP contribution in [0.3, 0.4) is 0 Å². The molecule has 0 unspecified atom stereocenters. The number of carbonyl (C=O) groups is 1. The summed E-state index contributed by atoms with van der Waals surface area (Å²) in [4.78, 5) is 13.5. The third-order valence-electron chi connectivity index (χ3n) is 4.87. The highest BCUT2D eigenvalue weighted by atomic mass is 32.1. The standard InChI is InChI=1S/C22H23F3N4O2S2/c1-13-12-16(22(23,24)25)28-29(13)11-7-10-26-21(32)27-19-18(20(30)31-3)17(14(2)33-19)15-8-5-4-6-9-15/h4-6,8-9,12H,7,10-11H2,1-3H3,(H2,26,27,32). The quantitative estimate of drug-likeness (QED) is 0.259. The van der Waals surface area contributed by atoms with E-state index in [4.69, 9.17) is 17.0 Å². The van der Waals surface area contributed by atoms with Gasteiger partial charge in [-0.1, -0.05) is 30.3 Å². The van der Waals surface area contributed by atoms with E-state index in [1.165, 1.54) is 23.1 Å². The number of nitrogens with zero attached hydrogens (tertiary/aromatic N) is 2. The Bertz CT molecular complexity index is 1140. The van der Waals surface area contributed by atoms with Crippen molar-refractivity contribution in [2.75, 3.05) is 19.0 Å². The smallest absolute Gasteiger partial charge is 0.435 e. The Morgan fingerprint density at radius 1 is 1.24 bits per heavy atom. The molecule has 0 fully saturated rings. The van der Waals surface area contributed by atoms with E-state index in [1.54, 1.807) is 6.92 Å². The normalized spacial score (nSPS) is 11.3. The topological polar surface area (TPSA) is 68.2 Å². The summed E-state index contributed by atoms with van der Waals surface area (Å²) in [7, 11) is 1.33. The predicted molar refractivity (Wildman–Crippen MR) is 127 cm³/mol. The summed E-state index contributed by atoms with van der Waals surface area (Å²) in [6, 6.07) is 10.6. The van der Waals surface area contributed by atoms with Crippen LogP contribution in [-0.2, 0) is 17.5 Å². The van der Waals surface area contributed by atoms with Gasteiger partial charge in [-0.2, -0.15) is 18.3 Å². The maximum Gasteiger partial charge on any atom is 0.435 e. The summed E-state index contributed by atoms with van der Waals surface area (Å²) in [5.41, 5.74) is 1.62. The molecule has 0 saturated carbocycles. The monoisotopic (exact) mass is 496 g/mol. The molecule has 0 aliphatic carbocycles. The van der Waals surface area contributed by atoms with Gasteiger partial charge in [0, 0.05) is 29.2 Å². The van der Waals surface area contributed by atoms with Crippen molar-refractivity contribution in [2.45, 2.75) is 33.0 Å². The second-order valence-corrected chi connectivity index (χ2v) is 8.85. The van der Waals surface area contributed by atoms with E-state index in [0.717, 1.165) is 22.1 Å². The van der Waals surface area contributed by atoms with Crippen LogP contribution in [-0.4, -0.2) is 34.5 Å². The van der Waals surface area contributed by atoms with Gasteiger partial charge in [0.15, 0.2) is 10.8 Å². The lowest BCUT2D eigenvalue weighted by Crippen LogP contribution is -2.30. The van der Waals surface area contributed by atoms with E-state index in [2.05, 4.69) is 15.7 Å². The van der Waals surface area contributed by atoms with Gasteiger partial charge in [-0.3, -0.25) is 4.68 Å². The summed E-state index contributed by atoms with van der Waals surface area (Å²) in [6.07, 6.45) is -3.96. The van der Waals surface area contributed by atoms with Gasteiger partial charge in [-0.05, 0) is 44.1 Å². The average molecular weight is 497 g/mol. The van der Waals surface area contributed by atoms with E-state index >= 15 is 0 Å². The van der Waals surface area contributed by atoms with Crippen LogP contribution >= 0.6 is 23.6 Å². The highest BCUT2D eigenvalue weighted by molar-refractivity contribution is 7.80. The second-order valence-electron chi connectivity index (χ2n) is 7.22. The van der Waals surface area contributed by atoms with E-state index in [9.17, 15) is 18.0 Å². The van der Waals surface area contributed by atoms with Gasteiger partial charge in [0.1, 0.15) is 10.6 Å². The highest BCUT2D eigenvalue weighted by Gasteiger charge is 2.34. The maximum atomic E-state index is 12.8. The van der Waals surface area contributed by atoms with Crippen molar-refractivity contribution in [3.05, 3.63) is 58.2 Å². The lowest BCUT2D eigenvalue weighted by Gasteiger charge is -2.12. The van der Waals surface area contributed by atoms with Gasteiger partial charge < -0.3 is 15.4 Å².